The molecule has 0 spiro atoms. The van der Waals surface area contributed by atoms with Gasteiger partial charge in [0.15, 0.2) is 5.96 Å². The summed E-state index contributed by atoms with van der Waals surface area (Å²) in [5, 5.41) is 3.36. The molecule has 1 aliphatic rings. The Hall–Kier alpha value is -1.31. The maximum Gasteiger partial charge on any atom is 0.219 e. The van der Waals surface area contributed by atoms with Gasteiger partial charge in [0.1, 0.15) is 0 Å². The molecule has 1 aliphatic heterocycles. The SMILES string of the molecule is CCNC(=NCCc1ccccc1)N1CCN(C(C)=O)CC1.I. The Kier molecular flexibility index (Phi) is 8.98. The number of amides is 1. The monoisotopic (exact) mass is 430 g/mol. The summed E-state index contributed by atoms with van der Waals surface area (Å²) in [7, 11) is 0. The fourth-order valence-electron chi connectivity index (χ4n) is 2.59. The van der Waals surface area contributed by atoms with Crippen LogP contribution in [-0.4, -0.2) is 60.9 Å². The Bertz CT molecular complexity index is 499. The van der Waals surface area contributed by atoms with Crippen molar-refractivity contribution in [3.63, 3.8) is 0 Å². The molecule has 1 aromatic carbocycles. The average molecular weight is 430 g/mol. The van der Waals surface area contributed by atoms with Gasteiger partial charge in [-0.05, 0) is 18.9 Å². The molecule has 1 amide bonds. The fraction of sp³-hybridized carbons (Fsp3) is 0.529. The highest BCUT2D eigenvalue weighted by atomic mass is 127. The third-order valence-electron chi connectivity index (χ3n) is 3.86. The van der Waals surface area contributed by atoms with E-state index in [9.17, 15) is 4.79 Å². The number of piperazine rings is 1. The standard InChI is InChI=1S/C17H26N4O.HI/c1-3-18-17(19-10-9-16-7-5-4-6-8-16)21-13-11-20(12-14-21)15(2)22;/h4-8H,3,9-14H2,1-2H3,(H,18,19);1H. The normalized spacial score (nSPS) is 15.1. The van der Waals surface area contributed by atoms with Crippen LogP contribution in [0, 0.1) is 0 Å². The van der Waals surface area contributed by atoms with E-state index in [0.29, 0.717) is 0 Å². The topological polar surface area (TPSA) is 47.9 Å². The van der Waals surface area contributed by atoms with Crippen LogP contribution in [0.2, 0.25) is 0 Å². The van der Waals surface area contributed by atoms with Crippen molar-refractivity contribution in [1.82, 2.24) is 15.1 Å². The first-order valence-electron chi connectivity index (χ1n) is 8.03. The lowest BCUT2D eigenvalue weighted by Gasteiger charge is -2.36. The maximum absolute atomic E-state index is 11.4. The van der Waals surface area contributed by atoms with Crippen LogP contribution in [0.25, 0.3) is 0 Å². The second-order valence-corrected chi connectivity index (χ2v) is 5.46. The zero-order valence-electron chi connectivity index (χ0n) is 14.0. The van der Waals surface area contributed by atoms with Crippen molar-refractivity contribution in [2.75, 3.05) is 39.3 Å². The summed E-state index contributed by atoms with van der Waals surface area (Å²) in [6.07, 6.45) is 0.948. The van der Waals surface area contributed by atoms with Gasteiger partial charge in [-0.2, -0.15) is 0 Å². The highest BCUT2D eigenvalue weighted by molar-refractivity contribution is 14.0. The van der Waals surface area contributed by atoms with Gasteiger partial charge in [0.05, 0.1) is 0 Å². The second-order valence-electron chi connectivity index (χ2n) is 5.46. The van der Waals surface area contributed by atoms with Gasteiger partial charge in [-0.25, -0.2) is 0 Å². The lowest BCUT2D eigenvalue weighted by Crippen LogP contribution is -2.53. The lowest BCUT2D eigenvalue weighted by molar-refractivity contribution is -0.130. The van der Waals surface area contributed by atoms with Gasteiger partial charge in [0.2, 0.25) is 5.91 Å². The predicted molar refractivity (Wildman–Crippen MR) is 105 cm³/mol. The molecule has 0 saturated carbocycles. The molecule has 0 aromatic heterocycles. The molecule has 5 nitrogen and oxygen atoms in total. The molecule has 2 rings (SSSR count). The molecule has 1 saturated heterocycles. The molecule has 6 heteroatoms. The maximum atomic E-state index is 11.4. The number of rotatable bonds is 4. The minimum atomic E-state index is 0. The smallest absolute Gasteiger partial charge is 0.219 e. The van der Waals surface area contributed by atoms with E-state index in [4.69, 9.17) is 4.99 Å². The van der Waals surface area contributed by atoms with E-state index in [1.165, 1.54) is 5.56 Å². The van der Waals surface area contributed by atoms with Gasteiger partial charge in [0, 0.05) is 46.2 Å². The molecule has 0 unspecified atom stereocenters. The number of carbonyl (C=O) groups excluding carboxylic acids is 1. The molecule has 1 heterocycles. The van der Waals surface area contributed by atoms with E-state index in [2.05, 4.69) is 41.4 Å². The summed E-state index contributed by atoms with van der Waals surface area (Å²) >= 11 is 0. The van der Waals surface area contributed by atoms with Crippen molar-refractivity contribution in [2.45, 2.75) is 20.3 Å². The molecular formula is C17H27IN4O. The average Bonchev–Trinajstić information content (AvgIpc) is 2.55. The number of hydrogen-bond acceptors (Lipinski definition) is 2. The zero-order chi connectivity index (χ0) is 15.8. The summed E-state index contributed by atoms with van der Waals surface area (Å²) in [5.74, 6) is 1.12. The Labute approximate surface area is 156 Å². The molecule has 0 aliphatic carbocycles. The van der Waals surface area contributed by atoms with Crippen LogP contribution in [0.1, 0.15) is 19.4 Å². The first-order valence-corrected chi connectivity index (χ1v) is 8.03. The summed E-state index contributed by atoms with van der Waals surface area (Å²) in [4.78, 5) is 20.3. The Balaban J connectivity index is 0.00000264. The van der Waals surface area contributed by atoms with E-state index in [-0.39, 0.29) is 29.9 Å². The minimum absolute atomic E-state index is 0. The highest BCUT2D eigenvalue weighted by Crippen LogP contribution is 2.04. The third kappa shape index (κ3) is 6.37. The van der Waals surface area contributed by atoms with Gasteiger partial charge >= 0.3 is 0 Å². The van der Waals surface area contributed by atoms with Gasteiger partial charge in [-0.3, -0.25) is 9.79 Å². The Morgan fingerprint density at radius 1 is 1.13 bits per heavy atom. The third-order valence-corrected chi connectivity index (χ3v) is 3.86. The quantitative estimate of drug-likeness (QED) is 0.452. The van der Waals surface area contributed by atoms with Crippen LogP contribution in [0.15, 0.2) is 35.3 Å². The number of guanidine groups is 1. The predicted octanol–water partition coefficient (Wildman–Crippen LogP) is 1.98. The van der Waals surface area contributed by atoms with Crippen LogP contribution in [-0.2, 0) is 11.2 Å². The van der Waals surface area contributed by atoms with Crippen molar-refractivity contribution in [3.05, 3.63) is 35.9 Å². The van der Waals surface area contributed by atoms with E-state index in [0.717, 1.165) is 51.6 Å². The number of benzene rings is 1. The van der Waals surface area contributed by atoms with E-state index in [1.54, 1.807) is 6.92 Å². The van der Waals surface area contributed by atoms with E-state index >= 15 is 0 Å². The number of hydrogen-bond donors (Lipinski definition) is 1. The number of carbonyl (C=O) groups is 1. The number of halogens is 1. The fourth-order valence-corrected chi connectivity index (χ4v) is 2.59. The van der Waals surface area contributed by atoms with Crippen LogP contribution in [0.5, 0.6) is 0 Å². The van der Waals surface area contributed by atoms with Crippen molar-refractivity contribution < 1.29 is 4.79 Å². The van der Waals surface area contributed by atoms with Crippen LogP contribution < -0.4 is 5.32 Å². The first kappa shape index (κ1) is 19.7. The van der Waals surface area contributed by atoms with Crippen molar-refractivity contribution in [2.24, 2.45) is 4.99 Å². The van der Waals surface area contributed by atoms with Gasteiger partial charge in [-0.1, -0.05) is 30.3 Å². The van der Waals surface area contributed by atoms with Gasteiger partial charge in [-0.15, -0.1) is 24.0 Å². The summed E-state index contributed by atoms with van der Waals surface area (Å²) in [6, 6.07) is 10.4. The second kappa shape index (κ2) is 10.5. The lowest BCUT2D eigenvalue weighted by atomic mass is 10.2. The molecule has 1 N–H and O–H groups in total. The molecule has 23 heavy (non-hydrogen) atoms. The number of aliphatic imine (C=N–C) groups is 1. The van der Waals surface area contributed by atoms with Gasteiger partial charge in [0.25, 0.3) is 0 Å². The van der Waals surface area contributed by atoms with Gasteiger partial charge < -0.3 is 15.1 Å². The minimum Gasteiger partial charge on any atom is -0.357 e. The zero-order valence-corrected chi connectivity index (χ0v) is 16.3. The highest BCUT2D eigenvalue weighted by Gasteiger charge is 2.20. The first-order chi connectivity index (χ1) is 10.7. The molecular weight excluding hydrogens is 403 g/mol. The Morgan fingerprint density at radius 2 is 1.74 bits per heavy atom. The largest absolute Gasteiger partial charge is 0.357 e. The van der Waals surface area contributed by atoms with E-state index in [1.807, 2.05) is 11.0 Å². The van der Waals surface area contributed by atoms with Crippen LogP contribution in [0.3, 0.4) is 0 Å². The number of nitrogens with zero attached hydrogens (tertiary/aromatic N) is 3. The molecule has 0 radical (unpaired) electrons. The van der Waals surface area contributed by atoms with Crippen molar-refractivity contribution >= 4 is 35.8 Å². The molecule has 0 bridgehead atoms. The summed E-state index contributed by atoms with van der Waals surface area (Å²) in [6.45, 7) is 8.59. The van der Waals surface area contributed by atoms with Crippen molar-refractivity contribution in [3.8, 4) is 0 Å². The number of nitrogens with one attached hydrogen (secondary N) is 1. The summed E-state index contributed by atoms with van der Waals surface area (Å²) < 4.78 is 0. The van der Waals surface area contributed by atoms with Crippen LogP contribution >= 0.6 is 24.0 Å². The molecule has 0 atom stereocenters. The van der Waals surface area contributed by atoms with Crippen LogP contribution in [0.4, 0.5) is 0 Å². The molecule has 128 valence electrons. The molecule has 1 aromatic rings. The Morgan fingerprint density at radius 3 is 2.30 bits per heavy atom. The summed E-state index contributed by atoms with van der Waals surface area (Å²) in [5.41, 5.74) is 1.31. The van der Waals surface area contributed by atoms with E-state index < -0.39 is 0 Å². The molecule has 1 fully saturated rings. The van der Waals surface area contributed by atoms with Crippen molar-refractivity contribution in [1.29, 1.82) is 0 Å².